The van der Waals surface area contributed by atoms with Crippen LogP contribution in [-0.2, 0) is 9.53 Å². The normalized spacial score (nSPS) is 11.0. The van der Waals surface area contributed by atoms with Crippen molar-refractivity contribution in [2.24, 2.45) is 0 Å². The predicted octanol–water partition coefficient (Wildman–Crippen LogP) is 1.16. The summed E-state index contributed by atoms with van der Waals surface area (Å²) in [7, 11) is 6.80. The SMILES string of the molecule is CC(=O)OCCCCCCCCCCCC[N+](C)(C)C.[I-]. The van der Waals surface area contributed by atoms with Gasteiger partial charge in [-0.25, -0.2) is 0 Å². The fourth-order valence-electron chi connectivity index (χ4n) is 2.32. The Morgan fingerprint density at radius 3 is 1.52 bits per heavy atom. The molecule has 0 aromatic heterocycles. The maximum atomic E-state index is 10.6. The highest BCUT2D eigenvalue weighted by atomic mass is 127. The quantitative estimate of drug-likeness (QED) is 0.196. The van der Waals surface area contributed by atoms with Gasteiger partial charge in [-0.1, -0.05) is 44.9 Å². The summed E-state index contributed by atoms with van der Waals surface area (Å²) in [5.74, 6) is -0.157. The first-order valence-corrected chi connectivity index (χ1v) is 8.35. The number of rotatable bonds is 13. The summed E-state index contributed by atoms with van der Waals surface area (Å²) in [4.78, 5) is 10.6. The molecule has 0 fully saturated rings. The molecule has 0 bridgehead atoms. The van der Waals surface area contributed by atoms with Crippen molar-refractivity contribution in [1.29, 1.82) is 0 Å². The maximum absolute atomic E-state index is 10.6. The zero-order valence-electron chi connectivity index (χ0n) is 14.6. The molecule has 0 saturated heterocycles. The van der Waals surface area contributed by atoms with Crippen LogP contribution in [0.4, 0.5) is 0 Å². The second kappa shape index (κ2) is 15.1. The maximum Gasteiger partial charge on any atom is 0.302 e. The first-order valence-electron chi connectivity index (χ1n) is 8.35. The van der Waals surface area contributed by atoms with Crippen molar-refractivity contribution in [3.8, 4) is 0 Å². The number of nitrogens with zero attached hydrogens (tertiary/aromatic N) is 1. The van der Waals surface area contributed by atoms with E-state index in [-0.39, 0.29) is 29.9 Å². The molecule has 0 heterocycles. The number of hydrogen-bond donors (Lipinski definition) is 0. The lowest BCUT2D eigenvalue weighted by Gasteiger charge is -2.23. The molecule has 0 atom stereocenters. The average molecular weight is 413 g/mol. The Kier molecular flexibility index (Phi) is 16.8. The number of carbonyl (C=O) groups is 1. The van der Waals surface area contributed by atoms with E-state index in [0.29, 0.717) is 6.61 Å². The van der Waals surface area contributed by atoms with Crippen LogP contribution in [0.2, 0.25) is 0 Å². The Hall–Kier alpha value is 0.160. The minimum Gasteiger partial charge on any atom is -1.00 e. The van der Waals surface area contributed by atoms with E-state index < -0.39 is 0 Å². The van der Waals surface area contributed by atoms with Gasteiger partial charge in [0.2, 0.25) is 0 Å². The number of esters is 1. The van der Waals surface area contributed by atoms with E-state index in [4.69, 9.17) is 4.74 Å². The van der Waals surface area contributed by atoms with E-state index in [0.717, 1.165) is 10.9 Å². The number of halogens is 1. The van der Waals surface area contributed by atoms with Crippen LogP contribution in [0.5, 0.6) is 0 Å². The molecule has 0 aliphatic carbocycles. The molecule has 0 amide bonds. The molecular weight excluding hydrogens is 377 g/mol. The summed E-state index contributed by atoms with van der Waals surface area (Å²) in [6, 6.07) is 0. The third kappa shape index (κ3) is 22.6. The molecule has 128 valence electrons. The molecule has 0 aromatic carbocycles. The topological polar surface area (TPSA) is 26.3 Å². The van der Waals surface area contributed by atoms with Crippen LogP contribution in [0.15, 0.2) is 0 Å². The molecule has 21 heavy (non-hydrogen) atoms. The molecular formula is C17H36INO2. The fourth-order valence-corrected chi connectivity index (χ4v) is 2.32. The van der Waals surface area contributed by atoms with Crippen molar-refractivity contribution in [1.82, 2.24) is 0 Å². The minimum absolute atomic E-state index is 0. The summed E-state index contributed by atoms with van der Waals surface area (Å²) in [5, 5.41) is 0. The Labute approximate surface area is 149 Å². The molecule has 0 rings (SSSR count). The van der Waals surface area contributed by atoms with Gasteiger partial charge in [-0.3, -0.25) is 4.79 Å². The van der Waals surface area contributed by atoms with Crippen LogP contribution in [0, 0.1) is 0 Å². The molecule has 0 N–H and O–H groups in total. The highest BCUT2D eigenvalue weighted by Crippen LogP contribution is 2.11. The smallest absolute Gasteiger partial charge is 0.302 e. The van der Waals surface area contributed by atoms with Gasteiger partial charge in [0.25, 0.3) is 0 Å². The summed E-state index contributed by atoms with van der Waals surface area (Å²) in [5.41, 5.74) is 0. The summed E-state index contributed by atoms with van der Waals surface area (Å²) in [6.07, 6.45) is 13.1. The van der Waals surface area contributed by atoms with Crippen molar-refractivity contribution >= 4 is 5.97 Å². The summed E-state index contributed by atoms with van der Waals surface area (Å²) < 4.78 is 6.00. The van der Waals surface area contributed by atoms with Gasteiger partial charge in [-0.2, -0.15) is 0 Å². The molecule has 0 aliphatic rings. The van der Waals surface area contributed by atoms with Crippen molar-refractivity contribution < 1.29 is 38.0 Å². The van der Waals surface area contributed by atoms with Crippen molar-refractivity contribution in [3.63, 3.8) is 0 Å². The Morgan fingerprint density at radius 2 is 1.14 bits per heavy atom. The second-order valence-electron chi connectivity index (χ2n) is 6.89. The lowest BCUT2D eigenvalue weighted by molar-refractivity contribution is -0.870. The first-order chi connectivity index (χ1) is 9.42. The summed E-state index contributed by atoms with van der Waals surface area (Å²) in [6.45, 7) is 3.37. The standard InChI is InChI=1S/C17H36NO2.HI/c1-17(19)20-16-14-12-10-8-6-5-7-9-11-13-15-18(2,3)4;/h5-16H2,1-4H3;1H/q+1;/p-1. The second-order valence-corrected chi connectivity index (χ2v) is 6.89. The molecule has 3 nitrogen and oxygen atoms in total. The fraction of sp³-hybridized carbons (Fsp3) is 0.941. The molecule has 4 heteroatoms. The zero-order valence-corrected chi connectivity index (χ0v) is 16.8. The van der Waals surface area contributed by atoms with Crippen LogP contribution in [0.1, 0.15) is 71.1 Å². The number of ether oxygens (including phenoxy) is 1. The molecule has 0 aromatic rings. The minimum atomic E-state index is -0.157. The number of unbranched alkanes of at least 4 members (excludes halogenated alkanes) is 9. The first kappa shape index (κ1) is 23.4. The Bertz CT molecular complexity index is 239. The van der Waals surface area contributed by atoms with Crippen LogP contribution in [0.25, 0.3) is 0 Å². The van der Waals surface area contributed by atoms with Gasteiger partial charge in [0.05, 0.1) is 34.3 Å². The Morgan fingerprint density at radius 1 is 0.762 bits per heavy atom. The highest BCUT2D eigenvalue weighted by molar-refractivity contribution is 5.65. The van der Waals surface area contributed by atoms with Crippen LogP contribution >= 0.6 is 0 Å². The van der Waals surface area contributed by atoms with Gasteiger partial charge >= 0.3 is 5.97 Å². The highest BCUT2D eigenvalue weighted by Gasteiger charge is 2.04. The van der Waals surface area contributed by atoms with Gasteiger partial charge in [-0.05, 0) is 19.3 Å². The monoisotopic (exact) mass is 413 g/mol. The number of quaternary nitrogens is 1. The van der Waals surface area contributed by atoms with E-state index in [1.165, 1.54) is 71.3 Å². The summed E-state index contributed by atoms with van der Waals surface area (Å²) >= 11 is 0. The largest absolute Gasteiger partial charge is 1.00 e. The third-order valence-corrected chi connectivity index (χ3v) is 3.53. The van der Waals surface area contributed by atoms with Crippen LogP contribution < -0.4 is 24.0 Å². The van der Waals surface area contributed by atoms with Crippen molar-refractivity contribution in [3.05, 3.63) is 0 Å². The molecule has 0 radical (unpaired) electrons. The predicted molar refractivity (Wildman–Crippen MR) is 85.7 cm³/mol. The third-order valence-electron chi connectivity index (χ3n) is 3.53. The lowest BCUT2D eigenvalue weighted by atomic mass is 10.1. The molecule has 0 spiro atoms. The van der Waals surface area contributed by atoms with Crippen LogP contribution in [-0.4, -0.2) is 44.7 Å². The zero-order chi connectivity index (χ0) is 15.3. The van der Waals surface area contributed by atoms with Gasteiger partial charge in [0.15, 0.2) is 0 Å². The van der Waals surface area contributed by atoms with E-state index in [1.807, 2.05) is 0 Å². The molecule has 0 aliphatic heterocycles. The van der Waals surface area contributed by atoms with E-state index in [1.54, 1.807) is 0 Å². The Balaban J connectivity index is 0. The van der Waals surface area contributed by atoms with E-state index in [2.05, 4.69) is 21.1 Å². The van der Waals surface area contributed by atoms with Gasteiger partial charge in [0, 0.05) is 6.92 Å². The number of carbonyl (C=O) groups excluding carboxylic acids is 1. The molecule has 0 saturated carbocycles. The van der Waals surface area contributed by atoms with Gasteiger partial charge in [-0.15, -0.1) is 0 Å². The van der Waals surface area contributed by atoms with E-state index in [9.17, 15) is 4.79 Å². The lowest BCUT2D eigenvalue weighted by Crippen LogP contribution is -3.00. The van der Waals surface area contributed by atoms with E-state index >= 15 is 0 Å². The van der Waals surface area contributed by atoms with Gasteiger partial charge in [0.1, 0.15) is 0 Å². The van der Waals surface area contributed by atoms with Gasteiger partial charge < -0.3 is 33.2 Å². The van der Waals surface area contributed by atoms with Crippen molar-refractivity contribution in [2.45, 2.75) is 71.1 Å². The number of hydrogen-bond acceptors (Lipinski definition) is 2. The average Bonchev–Trinajstić information content (AvgIpc) is 2.33. The van der Waals surface area contributed by atoms with Crippen LogP contribution in [0.3, 0.4) is 0 Å². The van der Waals surface area contributed by atoms with Crippen molar-refractivity contribution in [2.75, 3.05) is 34.3 Å². The molecule has 0 unspecified atom stereocenters.